The van der Waals surface area contributed by atoms with Crippen LogP contribution in [0.4, 0.5) is 9.59 Å². The van der Waals surface area contributed by atoms with Crippen LogP contribution in [0.1, 0.15) is 88.0 Å². The number of carboxylic acid groups (broad SMARTS) is 1. The van der Waals surface area contributed by atoms with Crippen LogP contribution in [0, 0.1) is 17.8 Å². The second kappa shape index (κ2) is 13.1. The average molecular weight is 527 g/mol. The van der Waals surface area contributed by atoms with Gasteiger partial charge in [0.2, 0.25) is 5.91 Å². The van der Waals surface area contributed by atoms with Crippen molar-refractivity contribution in [2.24, 2.45) is 17.8 Å². The first kappa shape index (κ1) is 32.2. The largest absolute Gasteiger partial charge is 0.550 e. The fourth-order valence-corrected chi connectivity index (χ4v) is 4.61. The van der Waals surface area contributed by atoms with Gasteiger partial charge in [0.25, 0.3) is 6.34 Å². The predicted molar refractivity (Wildman–Crippen MR) is 136 cm³/mol. The van der Waals surface area contributed by atoms with Crippen LogP contribution in [0.3, 0.4) is 0 Å². The fourth-order valence-electron chi connectivity index (χ4n) is 4.61. The minimum Gasteiger partial charge on any atom is -0.550 e. The monoisotopic (exact) mass is 526 g/mol. The van der Waals surface area contributed by atoms with Crippen molar-refractivity contribution in [1.29, 1.82) is 0 Å². The molecule has 37 heavy (non-hydrogen) atoms. The number of carboxylic acids is 1. The number of rotatable bonds is 8. The Labute approximate surface area is 220 Å². The maximum absolute atomic E-state index is 13.0. The van der Waals surface area contributed by atoms with Gasteiger partial charge in [0.05, 0.1) is 13.1 Å². The topological polar surface area (TPSA) is 140 Å². The highest BCUT2D eigenvalue weighted by molar-refractivity contribution is 5.74. The number of hydrazone groups is 1. The summed E-state index contributed by atoms with van der Waals surface area (Å²) in [6.45, 7) is 15.7. The van der Waals surface area contributed by atoms with E-state index in [-0.39, 0.29) is 30.2 Å². The lowest BCUT2D eigenvalue weighted by molar-refractivity contribution is -0.594. The van der Waals surface area contributed by atoms with Crippen LogP contribution < -0.4 is 15.7 Å². The first-order valence-electron chi connectivity index (χ1n) is 13.0. The van der Waals surface area contributed by atoms with E-state index in [4.69, 9.17) is 9.47 Å². The zero-order valence-electron chi connectivity index (χ0n) is 24.0. The molecular weight excluding hydrogens is 480 g/mol. The van der Waals surface area contributed by atoms with E-state index in [1.54, 1.807) is 41.5 Å². The molecule has 0 radical (unpaired) electrons. The number of amides is 3. The van der Waals surface area contributed by atoms with E-state index in [0.29, 0.717) is 6.42 Å². The van der Waals surface area contributed by atoms with Crippen LogP contribution in [0.25, 0.3) is 0 Å². The molecule has 0 aromatic rings. The summed E-state index contributed by atoms with van der Waals surface area (Å²) in [6.07, 6.45) is 1.84. The summed E-state index contributed by atoms with van der Waals surface area (Å²) < 4.78 is 11.8. The molecule has 2 N–H and O–H groups in total. The Balaban J connectivity index is 3.41. The lowest BCUT2D eigenvalue weighted by Crippen LogP contribution is -2.52. The standard InChI is InChI=1S/C26H46N4O7/c1-11-17(12-2)21(28-16(3)31)19-13-18(22(32)33)14-20(19)27-15-30(24(35)37-26(7,8)9)29(10)23(34)36-25(4,5)6/h15,17-21H,11-14H2,1-10H3,(H2,28,31,32,33). The Morgan fingerprint density at radius 1 is 1.03 bits per heavy atom. The molecule has 11 nitrogen and oxygen atoms in total. The third kappa shape index (κ3) is 10.2. The molecule has 3 amide bonds. The molecule has 0 aliphatic heterocycles. The number of aliphatic carboxylic acids is 1. The van der Waals surface area contributed by atoms with Crippen molar-refractivity contribution in [3.8, 4) is 0 Å². The number of nitrogens with zero attached hydrogens (tertiary/aromatic N) is 2. The van der Waals surface area contributed by atoms with E-state index < -0.39 is 41.3 Å². The van der Waals surface area contributed by atoms with E-state index >= 15 is 0 Å². The molecule has 4 atom stereocenters. The molecule has 0 aromatic carbocycles. The van der Waals surface area contributed by atoms with Crippen LogP contribution >= 0.6 is 0 Å². The molecule has 1 aliphatic rings. The van der Waals surface area contributed by atoms with Gasteiger partial charge in [-0.25, -0.2) is 4.79 Å². The van der Waals surface area contributed by atoms with Gasteiger partial charge >= 0.3 is 12.2 Å². The highest BCUT2D eigenvalue weighted by Gasteiger charge is 2.44. The predicted octanol–water partition coefficient (Wildman–Crippen LogP) is 2.42. The molecule has 1 saturated carbocycles. The van der Waals surface area contributed by atoms with Gasteiger partial charge in [-0.3, -0.25) is 10.1 Å². The Hall–Kier alpha value is -2.85. The minimum absolute atomic E-state index is 0.130. The second-order valence-electron chi connectivity index (χ2n) is 11.7. The molecule has 1 fully saturated rings. The number of hydrazine groups is 1. The lowest BCUT2D eigenvalue weighted by atomic mass is 9.81. The van der Waals surface area contributed by atoms with E-state index in [0.717, 1.165) is 22.5 Å². The number of ether oxygens (including phenoxy) is 2. The van der Waals surface area contributed by atoms with Crippen molar-refractivity contribution in [3.05, 3.63) is 0 Å². The van der Waals surface area contributed by atoms with Gasteiger partial charge in [0.1, 0.15) is 11.2 Å². The highest BCUT2D eigenvalue weighted by atomic mass is 16.6. The first-order chi connectivity index (χ1) is 16.9. The maximum atomic E-state index is 13.0. The van der Waals surface area contributed by atoms with Crippen molar-refractivity contribution in [1.82, 2.24) is 15.6 Å². The van der Waals surface area contributed by atoms with Crippen molar-refractivity contribution in [2.45, 2.75) is 111 Å². The molecule has 0 bridgehead atoms. The normalized spacial score (nSPS) is 21.3. The zero-order chi connectivity index (χ0) is 28.7. The Morgan fingerprint density at radius 3 is 2.00 bits per heavy atom. The third-order valence-electron chi connectivity index (χ3n) is 6.31. The molecule has 212 valence electrons. The molecule has 0 spiro atoms. The van der Waals surface area contributed by atoms with Crippen LogP contribution in [-0.2, 0) is 19.1 Å². The van der Waals surface area contributed by atoms with E-state index in [9.17, 15) is 24.3 Å². The van der Waals surface area contributed by atoms with Crippen LogP contribution in [-0.4, -0.2) is 70.4 Å². The van der Waals surface area contributed by atoms with Gasteiger partial charge in [-0.1, -0.05) is 31.4 Å². The first-order valence-corrected chi connectivity index (χ1v) is 13.0. The molecule has 11 heteroatoms. The van der Waals surface area contributed by atoms with E-state index in [2.05, 4.69) is 10.6 Å². The highest BCUT2D eigenvalue weighted by Crippen LogP contribution is 2.37. The van der Waals surface area contributed by atoms with Crippen molar-refractivity contribution in [3.63, 3.8) is 0 Å². The third-order valence-corrected chi connectivity index (χ3v) is 6.31. The van der Waals surface area contributed by atoms with Gasteiger partial charge in [-0.15, -0.1) is 5.01 Å². The number of nitrogens with one attached hydrogen (secondary N) is 2. The summed E-state index contributed by atoms with van der Waals surface area (Å²) in [6, 6.07) is -0.696. The van der Waals surface area contributed by atoms with Crippen molar-refractivity contribution < 1.29 is 38.4 Å². The van der Waals surface area contributed by atoms with Gasteiger partial charge in [-0.05, 0) is 60.3 Å². The number of carbonyl (C=O) groups is 4. The number of carbonyl (C=O) groups excluding carboxylic acids is 4. The fraction of sp³-hybridized carbons (Fsp3) is 0.808. The Morgan fingerprint density at radius 2 is 1.57 bits per heavy atom. The molecule has 0 saturated heterocycles. The summed E-state index contributed by atoms with van der Waals surface area (Å²) in [4.78, 5) is 49.6. The van der Waals surface area contributed by atoms with Gasteiger partial charge in [0, 0.05) is 30.8 Å². The van der Waals surface area contributed by atoms with E-state index in [1.807, 2.05) is 13.8 Å². The van der Waals surface area contributed by atoms with E-state index in [1.165, 1.54) is 20.3 Å². The minimum atomic E-state index is -1.16. The van der Waals surface area contributed by atoms with Gasteiger partial charge in [-0.2, -0.15) is 4.79 Å². The number of hydrogen-bond acceptors (Lipinski definition) is 7. The Bertz CT molecular complexity index is 856. The average Bonchev–Trinajstić information content (AvgIpc) is 3.15. The van der Waals surface area contributed by atoms with Crippen LogP contribution in [0.15, 0.2) is 0 Å². The summed E-state index contributed by atoms with van der Waals surface area (Å²) in [5.74, 6) is -2.20. The summed E-state index contributed by atoms with van der Waals surface area (Å²) in [5.41, 5.74) is -1.63. The molecule has 1 aliphatic carbocycles. The van der Waals surface area contributed by atoms with Crippen molar-refractivity contribution >= 4 is 30.4 Å². The molecule has 0 aromatic heterocycles. The quantitative estimate of drug-likeness (QED) is 0.213. The number of hydrogen-bond donors (Lipinski definition) is 2. The molecule has 1 rings (SSSR count). The van der Waals surface area contributed by atoms with Crippen LogP contribution in [0.5, 0.6) is 0 Å². The van der Waals surface area contributed by atoms with Crippen molar-refractivity contribution in [2.75, 3.05) is 7.05 Å². The lowest BCUT2D eigenvalue weighted by Gasteiger charge is -2.33. The molecule has 0 heterocycles. The van der Waals surface area contributed by atoms with Gasteiger partial charge < -0.3 is 24.7 Å². The smallest absolute Gasteiger partial charge is 0.532 e. The zero-order valence-corrected chi connectivity index (χ0v) is 24.0. The second-order valence-corrected chi connectivity index (χ2v) is 11.7. The van der Waals surface area contributed by atoms with Crippen LogP contribution in [0.2, 0.25) is 0 Å². The summed E-state index contributed by atoms with van der Waals surface area (Å²) in [7, 11) is 1.37. The van der Waals surface area contributed by atoms with Gasteiger partial charge in [0.15, 0.2) is 0 Å². The maximum Gasteiger partial charge on any atom is 0.532 e. The molecule has 4 unspecified atom stereocenters. The Kier molecular flexibility index (Phi) is 11.4. The molecular formula is C26H46N4O7. The summed E-state index contributed by atoms with van der Waals surface area (Å²) >= 11 is 0. The SMILES string of the molecule is CCC(CC)C(NC(C)=O)C1CC(C(=O)[O-])CC1NC=[N+](C(=O)OC(C)(C)C)N(C)C(=O)OC(C)(C)C. The summed E-state index contributed by atoms with van der Waals surface area (Å²) in [5, 5.41) is 18.9.